The Kier molecular flexibility index (Phi) is 3.49. The average molecular weight is 288 g/mol. The van der Waals surface area contributed by atoms with Gasteiger partial charge in [0.05, 0.1) is 19.1 Å². The zero-order valence-corrected chi connectivity index (χ0v) is 12.4. The molecule has 0 amide bonds. The van der Waals surface area contributed by atoms with Crippen molar-refractivity contribution in [3.05, 3.63) is 45.1 Å². The van der Waals surface area contributed by atoms with E-state index < -0.39 is 0 Å². The summed E-state index contributed by atoms with van der Waals surface area (Å²) in [6, 6.07) is 7.43. The number of ether oxygens (including phenoxy) is 2. The monoisotopic (exact) mass is 288 g/mol. The smallest absolute Gasteiger partial charge is 0.210 e. The van der Waals surface area contributed by atoms with Crippen LogP contribution in [0.1, 0.15) is 32.1 Å². The Balaban J connectivity index is 2.05. The van der Waals surface area contributed by atoms with E-state index in [1.807, 2.05) is 12.1 Å². The minimum absolute atomic E-state index is 0.0151. The third kappa shape index (κ3) is 2.10. The third-order valence-electron chi connectivity index (χ3n) is 3.63. The third-order valence-corrected chi connectivity index (χ3v) is 4.86. The van der Waals surface area contributed by atoms with Crippen molar-refractivity contribution in [2.45, 2.75) is 19.3 Å². The molecule has 1 aromatic carbocycles. The number of fused-ring (bicyclic) bond motifs is 1. The van der Waals surface area contributed by atoms with Crippen LogP contribution in [0.15, 0.2) is 24.3 Å². The first-order valence-corrected chi connectivity index (χ1v) is 7.43. The summed E-state index contributed by atoms with van der Waals surface area (Å²) >= 11 is 1.60. The van der Waals surface area contributed by atoms with Gasteiger partial charge in [-0.3, -0.25) is 4.79 Å². The summed E-state index contributed by atoms with van der Waals surface area (Å²) in [6.07, 6.45) is 3.38. The molecule has 0 saturated carbocycles. The van der Waals surface area contributed by atoms with E-state index in [9.17, 15) is 4.79 Å². The number of hydrogen-bond acceptors (Lipinski definition) is 4. The second-order valence-electron chi connectivity index (χ2n) is 4.78. The molecule has 0 radical (unpaired) electrons. The second-order valence-corrected chi connectivity index (χ2v) is 5.92. The van der Waals surface area contributed by atoms with Gasteiger partial charge in [-0.1, -0.05) is 6.07 Å². The van der Waals surface area contributed by atoms with E-state index in [0.717, 1.165) is 17.7 Å². The van der Waals surface area contributed by atoms with Gasteiger partial charge in [0, 0.05) is 4.88 Å². The van der Waals surface area contributed by atoms with Crippen LogP contribution in [0.2, 0.25) is 0 Å². The summed E-state index contributed by atoms with van der Waals surface area (Å²) < 4.78 is 10.6. The van der Waals surface area contributed by atoms with Crippen molar-refractivity contribution in [3.8, 4) is 11.5 Å². The SMILES string of the molecule is COc1cccc(OC)c1C(=O)c1cc2c(s1)CCC2. The maximum Gasteiger partial charge on any atom is 0.210 e. The average Bonchev–Trinajstić information content (AvgIpc) is 3.06. The van der Waals surface area contributed by atoms with Crippen LogP contribution in [-0.4, -0.2) is 20.0 Å². The van der Waals surface area contributed by atoms with Crippen molar-refractivity contribution in [2.24, 2.45) is 0 Å². The number of methoxy groups -OCH3 is 2. The highest BCUT2D eigenvalue weighted by atomic mass is 32.1. The molecule has 0 aliphatic heterocycles. The molecular weight excluding hydrogens is 272 g/mol. The molecule has 1 aliphatic rings. The fraction of sp³-hybridized carbons (Fsp3) is 0.312. The number of benzene rings is 1. The Hall–Kier alpha value is -1.81. The lowest BCUT2D eigenvalue weighted by molar-refractivity contribution is 0.103. The first-order valence-electron chi connectivity index (χ1n) is 6.62. The highest BCUT2D eigenvalue weighted by Gasteiger charge is 2.24. The quantitative estimate of drug-likeness (QED) is 0.808. The van der Waals surface area contributed by atoms with Crippen molar-refractivity contribution in [3.63, 3.8) is 0 Å². The van der Waals surface area contributed by atoms with Crippen LogP contribution in [0, 0.1) is 0 Å². The van der Waals surface area contributed by atoms with E-state index >= 15 is 0 Å². The zero-order valence-electron chi connectivity index (χ0n) is 11.6. The number of hydrogen-bond donors (Lipinski definition) is 0. The Morgan fingerprint density at radius 3 is 2.45 bits per heavy atom. The molecule has 1 heterocycles. The minimum atomic E-state index is -0.0151. The number of ketones is 1. The number of carbonyl (C=O) groups is 1. The molecule has 20 heavy (non-hydrogen) atoms. The Morgan fingerprint density at radius 2 is 1.85 bits per heavy atom. The lowest BCUT2D eigenvalue weighted by Crippen LogP contribution is -2.05. The van der Waals surface area contributed by atoms with Crippen LogP contribution >= 0.6 is 11.3 Å². The molecule has 0 saturated heterocycles. The number of thiophene rings is 1. The molecule has 1 aromatic heterocycles. The molecule has 1 aliphatic carbocycles. The van der Waals surface area contributed by atoms with Gasteiger partial charge in [0.15, 0.2) is 0 Å². The largest absolute Gasteiger partial charge is 0.496 e. The van der Waals surface area contributed by atoms with Crippen LogP contribution in [0.4, 0.5) is 0 Å². The molecule has 3 nitrogen and oxygen atoms in total. The van der Waals surface area contributed by atoms with Gasteiger partial charge in [-0.2, -0.15) is 0 Å². The normalized spacial score (nSPS) is 13.1. The van der Waals surface area contributed by atoms with Crippen molar-refractivity contribution >= 4 is 17.1 Å². The lowest BCUT2D eigenvalue weighted by Gasteiger charge is -2.11. The maximum atomic E-state index is 12.8. The van der Waals surface area contributed by atoms with Gasteiger partial charge in [-0.15, -0.1) is 11.3 Å². The molecule has 104 valence electrons. The molecule has 3 rings (SSSR count). The molecule has 2 aromatic rings. The number of aryl methyl sites for hydroxylation is 2. The van der Waals surface area contributed by atoms with Crippen LogP contribution in [0.3, 0.4) is 0 Å². The topological polar surface area (TPSA) is 35.5 Å². The Morgan fingerprint density at radius 1 is 1.15 bits per heavy atom. The first-order chi connectivity index (χ1) is 9.74. The molecule has 0 bridgehead atoms. The highest BCUT2D eigenvalue weighted by Crippen LogP contribution is 2.36. The van der Waals surface area contributed by atoms with Crippen LogP contribution in [0.25, 0.3) is 0 Å². The molecule has 0 atom stereocenters. The van der Waals surface area contributed by atoms with Crippen molar-refractivity contribution in [2.75, 3.05) is 14.2 Å². The van der Waals surface area contributed by atoms with E-state index in [2.05, 4.69) is 0 Å². The number of carbonyl (C=O) groups excluding carboxylic acids is 1. The van der Waals surface area contributed by atoms with Crippen LogP contribution in [0.5, 0.6) is 11.5 Å². The summed E-state index contributed by atoms with van der Waals surface area (Å²) in [6.45, 7) is 0. The summed E-state index contributed by atoms with van der Waals surface area (Å²) in [5.41, 5.74) is 1.84. The highest BCUT2D eigenvalue weighted by molar-refractivity contribution is 7.14. The minimum Gasteiger partial charge on any atom is -0.496 e. The first kappa shape index (κ1) is 13.2. The Bertz CT molecular complexity index is 614. The molecular formula is C16H16O3S. The predicted octanol–water partition coefficient (Wildman–Crippen LogP) is 3.49. The maximum absolute atomic E-state index is 12.8. The van der Waals surface area contributed by atoms with Gasteiger partial charge in [0.1, 0.15) is 17.1 Å². The molecule has 0 N–H and O–H groups in total. The summed E-state index contributed by atoms with van der Waals surface area (Å²) in [5, 5.41) is 0. The van der Waals surface area contributed by atoms with Gasteiger partial charge in [0.25, 0.3) is 0 Å². The second kappa shape index (κ2) is 5.29. The van der Waals surface area contributed by atoms with E-state index in [4.69, 9.17) is 9.47 Å². The fourth-order valence-corrected chi connectivity index (χ4v) is 3.84. The van der Waals surface area contributed by atoms with Crippen molar-refractivity contribution in [1.82, 2.24) is 0 Å². The summed E-state index contributed by atoms with van der Waals surface area (Å²) in [7, 11) is 3.14. The van der Waals surface area contributed by atoms with Crippen molar-refractivity contribution in [1.29, 1.82) is 0 Å². The van der Waals surface area contributed by atoms with Gasteiger partial charge < -0.3 is 9.47 Å². The summed E-state index contributed by atoms with van der Waals surface area (Å²) in [5.74, 6) is 1.10. The zero-order chi connectivity index (χ0) is 14.1. The van der Waals surface area contributed by atoms with Crippen molar-refractivity contribution < 1.29 is 14.3 Å². The molecule has 0 spiro atoms. The lowest BCUT2D eigenvalue weighted by atomic mass is 10.1. The van der Waals surface area contributed by atoms with Crippen LogP contribution < -0.4 is 9.47 Å². The Labute approximate surface area is 122 Å². The van der Waals surface area contributed by atoms with Gasteiger partial charge >= 0.3 is 0 Å². The van der Waals surface area contributed by atoms with E-state index in [0.29, 0.717) is 17.1 Å². The van der Waals surface area contributed by atoms with Gasteiger partial charge in [-0.25, -0.2) is 0 Å². The van der Waals surface area contributed by atoms with Gasteiger partial charge in [0.2, 0.25) is 5.78 Å². The summed E-state index contributed by atoms with van der Waals surface area (Å²) in [4.78, 5) is 14.9. The number of rotatable bonds is 4. The standard InChI is InChI=1S/C16H16O3S/c1-18-11-6-4-7-12(19-2)15(11)16(17)14-9-10-5-3-8-13(10)20-14/h4,6-7,9H,3,5,8H2,1-2H3. The van der Waals surface area contributed by atoms with Gasteiger partial charge in [-0.05, 0) is 43.0 Å². The fourth-order valence-electron chi connectivity index (χ4n) is 2.64. The predicted molar refractivity (Wildman–Crippen MR) is 79.3 cm³/mol. The molecule has 0 unspecified atom stereocenters. The van der Waals surface area contributed by atoms with E-state index in [-0.39, 0.29) is 5.78 Å². The molecule has 4 heteroatoms. The van der Waals surface area contributed by atoms with E-state index in [1.165, 1.54) is 16.9 Å². The molecule has 0 fully saturated rings. The van der Waals surface area contributed by atoms with E-state index in [1.54, 1.807) is 37.7 Å². The van der Waals surface area contributed by atoms with Crippen LogP contribution in [-0.2, 0) is 12.8 Å².